The van der Waals surface area contributed by atoms with Gasteiger partial charge in [0, 0.05) is 17.3 Å². The molecule has 98 valence electrons. The summed E-state index contributed by atoms with van der Waals surface area (Å²) in [6, 6.07) is 8.60. The van der Waals surface area contributed by atoms with Crippen molar-refractivity contribution in [3.8, 4) is 11.5 Å². The van der Waals surface area contributed by atoms with Crippen molar-refractivity contribution in [3.63, 3.8) is 0 Å². The van der Waals surface area contributed by atoms with E-state index in [0.29, 0.717) is 22.2 Å². The lowest BCUT2D eigenvalue weighted by molar-refractivity contribution is 0.318. The SMILES string of the molecule is Cc1cc(Cl)ccc1Oc1ccnc(C(N)=NO)c1. The van der Waals surface area contributed by atoms with Gasteiger partial charge in [0.05, 0.1) is 0 Å². The van der Waals surface area contributed by atoms with E-state index in [1.54, 1.807) is 24.3 Å². The van der Waals surface area contributed by atoms with Gasteiger partial charge in [-0.1, -0.05) is 16.8 Å². The van der Waals surface area contributed by atoms with Gasteiger partial charge in [-0.05, 0) is 36.8 Å². The normalized spacial score (nSPS) is 11.4. The summed E-state index contributed by atoms with van der Waals surface area (Å²) in [4.78, 5) is 3.97. The summed E-state index contributed by atoms with van der Waals surface area (Å²) in [5.74, 6) is 1.15. The van der Waals surface area contributed by atoms with Gasteiger partial charge in [0.25, 0.3) is 0 Å². The second-order valence-corrected chi connectivity index (χ2v) is 4.31. The first-order valence-corrected chi connectivity index (χ1v) is 5.86. The third kappa shape index (κ3) is 3.14. The minimum atomic E-state index is -0.0710. The van der Waals surface area contributed by atoms with Crippen LogP contribution in [-0.2, 0) is 0 Å². The molecule has 0 atom stereocenters. The summed E-state index contributed by atoms with van der Waals surface area (Å²) in [7, 11) is 0. The fraction of sp³-hybridized carbons (Fsp3) is 0.0769. The number of oxime groups is 1. The van der Waals surface area contributed by atoms with Crippen molar-refractivity contribution in [2.75, 3.05) is 0 Å². The molecule has 0 aliphatic rings. The Morgan fingerprint density at radius 1 is 1.37 bits per heavy atom. The van der Waals surface area contributed by atoms with Crippen LogP contribution < -0.4 is 10.5 Å². The van der Waals surface area contributed by atoms with Gasteiger partial charge in [-0.25, -0.2) is 0 Å². The Hall–Kier alpha value is -2.27. The average molecular weight is 278 g/mol. The average Bonchev–Trinajstić information content (AvgIpc) is 2.41. The predicted molar refractivity (Wildman–Crippen MR) is 73.0 cm³/mol. The largest absolute Gasteiger partial charge is 0.457 e. The number of benzene rings is 1. The monoisotopic (exact) mass is 277 g/mol. The zero-order chi connectivity index (χ0) is 13.8. The third-order valence-electron chi connectivity index (χ3n) is 2.47. The highest BCUT2D eigenvalue weighted by molar-refractivity contribution is 6.30. The summed E-state index contributed by atoms with van der Waals surface area (Å²) in [5, 5.41) is 12.2. The van der Waals surface area contributed by atoms with Gasteiger partial charge >= 0.3 is 0 Å². The maximum Gasteiger partial charge on any atom is 0.188 e. The molecule has 0 saturated heterocycles. The lowest BCUT2D eigenvalue weighted by Gasteiger charge is -2.09. The van der Waals surface area contributed by atoms with Crippen LogP contribution in [0.25, 0.3) is 0 Å². The minimum Gasteiger partial charge on any atom is -0.457 e. The number of halogens is 1. The second-order valence-electron chi connectivity index (χ2n) is 3.87. The summed E-state index contributed by atoms with van der Waals surface area (Å²) < 4.78 is 5.71. The standard InChI is InChI=1S/C13H12ClN3O2/c1-8-6-9(14)2-3-12(8)19-10-4-5-16-11(7-10)13(15)17-18/h2-7,18H,1H3,(H2,15,17). The van der Waals surface area contributed by atoms with Crippen molar-refractivity contribution in [2.45, 2.75) is 6.92 Å². The fourth-order valence-electron chi connectivity index (χ4n) is 1.52. The van der Waals surface area contributed by atoms with E-state index >= 15 is 0 Å². The number of ether oxygens (including phenoxy) is 1. The van der Waals surface area contributed by atoms with Gasteiger partial charge in [0.15, 0.2) is 5.84 Å². The minimum absolute atomic E-state index is 0.0710. The summed E-state index contributed by atoms with van der Waals surface area (Å²) in [5.41, 5.74) is 6.72. The fourth-order valence-corrected chi connectivity index (χ4v) is 1.75. The number of aryl methyl sites for hydroxylation is 1. The third-order valence-corrected chi connectivity index (χ3v) is 2.70. The molecule has 0 unspecified atom stereocenters. The summed E-state index contributed by atoms with van der Waals surface area (Å²) in [6.07, 6.45) is 1.52. The molecule has 1 aromatic carbocycles. The van der Waals surface area contributed by atoms with Crippen molar-refractivity contribution in [1.29, 1.82) is 0 Å². The van der Waals surface area contributed by atoms with E-state index in [9.17, 15) is 0 Å². The molecule has 3 N–H and O–H groups in total. The second kappa shape index (κ2) is 5.58. The smallest absolute Gasteiger partial charge is 0.188 e. The van der Waals surface area contributed by atoms with Crippen LogP contribution in [0.15, 0.2) is 41.7 Å². The van der Waals surface area contributed by atoms with E-state index in [1.165, 1.54) is 6.20 Å². The molecular formula is C13H12ClN3O2. The zero-order valence-electron chi connectivity index (χ0n) is 10.2. The highest BCUT2D eigenvalue weighted by Crippen LogP contribution is 2.27. The van der Waals surface area contributed by atoms with Crippen molar-refractivity contribution in [2.24, 2.45) is 10.9 Å². The quantitative estimate of drug-likeness (QED) is 0.391. The van der Waals surface area contributed by atoms with E-state index in [-0.39, 0.29) is 5.84 Å². The first kappa shape index (κ1) is 13.2. The van der Waals surface area contributed by atoms with Crippen LogP contribution in [0.5, 0.6) is 11.5 Å². The summed E-state index contributed by atoms with van der Waals surface area (Å²) in [6.45, 7) is 1.90. The van der Waals surface area contributed by atoms with Crippen molar-refractivity contribution >= 4 is 17.4 Å². The van der Waals surface area contributed by atoms with Gasteiger partial charge in [0.1, 0.15) is 17.2 Å². The number of rotatable bonds is 3. The van der Waals surface area contributed by atoms with Gasteiger partial charge in [-0.15, -0.1) is 0 Å². The molecule has 1 aromatic heterocycles. The molecule has 2 rings (SSSR count). The molecule has 19 heavy (non-hydrogen) atoms. The van der Waals surface area contributed by atoms with Crippen molar-refractivity contribution < 1.29 is 9.94 Å². The molecule has 1 heterocycles. The molecule has 5 nitrogen and oxygen atoms in total. The molecule has 2 aromatic rings. The number of nitrogens with zero attached hydrogens (tertiary/aromatic N) is 2. The highest BCUT2D eigenvalue weighted by atomic mass is 35.5. The molecular weight excluding hydrogens is 266 g/mol. The van der Waals surface area contributed by atoms with E-state index in [2.05, 4.69) is 10.1 Å². The molecule has 0 radical (unpaired) electrons. The Kier molecular flexibility index (Phi) is 3.87. The Morgan fingerprint density at radius 3 is 2.84 bits per heavy atom. The first-order valence-electron chi connectivity index (χ1n) is 5.48. The molecule has 0 aliphatic heterocycles. The first-order chi connectivity index (χ1) is 9.10. The number of nitrogens with two attached hydrogens (primary N) is 1. The van der Waals surface area contributed by atoms with Gasteiger partial charge in [-0.3, -0.25) is 4.98 Å². The van der Waals surface area contributed by atoms with Crippen LogP contribution >= 0.6 is 11.6 Å². The van der Waals surface area contributed by atoms with Gasteiger partial charge < -0.3 is 15.7 Å². The van der Waals surface area contributed by atoms with E-state index in [0.717, 1.165) is 5.56 Å². The number of pyridine rings is 1. The number of amidine groups is 1. The Morgan fingerprint density at radius 2 is 2.16 bits per heavy atom. The van der Waals surface area contributed by atoms with Crippen molar-refractivity contribution in [1.82, 2.24) is 4.98 Å². The molecule has 6 heteroatoms. The van der Waals surface area contributed by atoms with Crippen LogP contribution in [0, 0.1) is 6.92 Å². The Bertz CT molecular complexity index is 629. The van der Waals surface area contributed by atoms with E-state index in [1.807, 2.05) is 13.0 Å². The van der Waals surface area contributed by atoms with Crippen LogP contribution in [0.2, 0.25) is 5.02 Å². The molecule has 0 fully saturated rings. The zero-order valence-corrected chi connectivity index (χ0v) is 10.9. The molecule has 0 saturated carbocycles. The van der Waals surface area contributed by atoms with E-state index < -0.39 is 0 Å². The van der Waals surface area contributed by atoms with Gasteiger partial charge in [0.2, 0.25) is 0 Å². The topological polar surface area (TPSA) is 80.7 Å². The lowest BCUT2D eigenvalue weighted by Crippen LogP contribution is -2.14. The predicted octanol–water partition coefficient (Wildman–Crippen LogP) is 2.93. The highest BCUT2D eigenvalue weighted by Gasteiger charge is 2.06. The van der Waals surface area contributed by atoms with Crippen molar-refractivity contribution in [3.05, 3.63) is 52.8 Å². The lowest BCUT2D eigenvalue weighted by atomic mass is 10.2. The van der Waals surface area contributed by atoms with Crippen LogP contribution in [0.1, 0.15) is 11.3 Å². The molecule has 0 amide bonds. The molecule has 0 bridgehead atoms. The Labute approximate surface area is 115 Å². The molecule has 0 spiro atoms. The number of hydrogen-bond donors (Lipinski definition) is 2. The maximum absolute atomic E-state index is 8.61. The number of aromatic nitrogens is 1. The molecule has 0 aliphatic carbocycles. The van der Waals surface area contributed by atoms with Crippen LogP contribution in [-0.4, -0.2) is 16.0 Å². The Balaban J connectivity index is 2.28. The van der Waals surface area contributed by atoms with Gasteiger partial charge in [-0.2, -0.15) is 0 Å². The van der Waals surface area contributed by atoms with Crippen LogP contribution in [0.3, 0.4) is 0 Å². The summed E-state index contributed by atoms with van der Waals surface area (Å²) >= 11 is 5.88. The van der Waals surface area contributed by atoms with E-state index in [4.69, 9.17) is 27.3 Å². The number of hydrogen-bond acceptors (Lipinski definition) is 4. The van der Waals surface area contributed by atoms with Crippen LogP contribution in [0.4, 0.5) is 0 Å². The maximum atomic E-state index is 8.61.